The molecular weight excluding hydrogens is 408 g/mol. The van der Waals surface area contributed by atoms with Crippen molar-refractivity contribution in [1.82, 2.24) is 10.2 Å². The van der Waals surface area contributed by atoms with Crippen molar-refractivity contribution in [3.63, 3.8) is 0 Å². The molecule has 2 aromatic rings. The largest absolute Gasteiger partial charge is 0.497 e. The van der Waals surface area contributed by atoms with Crippen LogP contribution in [0.5, 0.6) is 5.75 Å². The Morgan fingerprint density at radius 3 is 2.85 bits per heavy atom. The highest BCUT2D eigenvalue weighted by Gasteiger charge is 2.30. The molecule has 2 rings (SSSR count). The first-order valence-electron chi connectivity index (χ1n) is 7.77. The van der Waals surface area contributed by atoms with Crippen LogP contribution in [0.2, 0.25) is 0 Å². The van der Waals surface area contributed by atoms with Gasteiger partial charge in [-0.15, -0.1) is 16.8 Å². The molecule has 0 saturated carbocycles. The molecule has 1 N–H and O–H groups in total. The summed E-state index contributed by atoms with van der Waals surface area (Å²) in [6, 6.07) is 5.51. The topological polar surface area (TPSA) is 101 Å². The van der Waals surface area contributed by atoms with Crippen LogP contribution in [0.3, 0.4) is 0 Å². The second-order valence-corrected chi connectivity index (χ2v) is 9.50. The average molecular weight is 429 g/mol. The Bertz CT molecular complexity index is 914. The highest BCUT2D eigenvalue weighted by molar-refractivity contribution is 8.01. The van der Waals surface area contributed by atoms with E-state index in [0.717, 1.165) is 10.6 Å². The molecule has 0 aliphatic carbocycles. The zero-order valence-electron chi connectivity index (χ0n) is 15.1. The normalized spacial score (nSPS) is 12.3. The van der Waals surface area contributed by atoms with Crippen LogP contribution < -0.4 is 14.4 Å². The highest BCUT2D eigenvalue weighted by Crippen LogP contribution is 2.28. The minimum Gasteiger partial charge on any atom is -0.497 e. The van der Waals surface area contributed by atoms with E-state index in [1.54, 1.807) is 30.3 Å². The molecule has 1 atom stereocenters. The van der Waals surface area contributed by atoms with E-state index in [4.69, 9.17) is 4.74 Å². The lowest BCUT2D eigenvalue weighted by Crippen LogP contribution is -2.45. The van der Waals surface area contributed by atoms with Gasteiger partial charge in [0, 0.05) is 11.8 Å². The van der Waals surface area contributed by atoms with E-state index in [1.807, 2.05) is 0 Å². The van der Waals surface area contributed by atoms with Gasteiger partial charge in [0.05, 0.1) is 19.1 Å². The molecule has 0 bridgehead atoms. The zero-order valence-corrected chi connectivity index (χ0v) is 17.5. The number of carbonyl (C=O) groups is 1. The first kappa shape index (κ1) is 21.2. The van der Waals surface area contributed by atoms with E-state index in [9.17, 15) is 13.2 Å². The van der Waals surface area contributed by atoms with Crippen LogP contribution in [0.1, 0.15) is 6.92 Å². The van der Waals surface area contributed by atoms with Gasteiger partial charge in [0.1, 0.15) is 11.8 Å². The van der Waals surface area contributed by atoms with Gasteiger partial charge in [0.25, 0.3) is 0 Å². The van der Waals surface area contributed by atoms with Crippen LogP contribution in [0.25, 0.3) is 0 Å². The number of aromatic nitrogens is 2. The van der Waals surface area contributed by atoms with Crippen LogP contribution in [0, 0.1) is 0 Å². The number of thioether (sulfide) groups is 1. The van der Waals surface area contributed by atoms with Crippen molar-refractivity contribution in [3.05, 3.63) is 36.9 Å². The third-order valence-electron chi connectivity index (χ3n) is 3.36. The lowest BCUT2D eigenvalue weighted by Gasteiger charge is -2.28. The third kappa shape index (κ3) is 5.68. The summed E-state index contributed by atoms with van der Waals surface area (Å²) in [4.78, 5) is 12.6. The van der Waals surface area contributed by atoms with Crippen molar-refractivity contribution in [1.29, 1.82) is 0 Å². The van der Waals surface area contributed by atoms with Gasteiger partial charge in [0.15, 0.2) is 4.34 Å². The maximum absolute atomic E-state index is 12.6. The molecule has 146 valence electrons. The van der Waals surface area contributed by atoms with Crippen LogP contribution in [0.4, 0.5) is 10.8 Å². The smallest absolute Gasteiger partial charge is 0.249 e. The third-order valence-corrected chi connectivity index (χ3v) is 6.57. The number of carbonyl (C=O) groups excluding carboxylic acids is 1. The predicted molar refractivity (Wildman–Crippen MR) is 109 cm³/mol. The maximum Gasteiger partial charge on any atom is 0.249 e. The van der Waals surface area contributed by atoms with Gasteiger partial charge in [-0.05, 0) is 19.1 Å². The van der Waals surface area contributed by atoms with Crippen molar-refractivity contribution in [2.75, 3.05) is 28.7 Å². The molecule has 0 spiro atoms. The molecule has 8 nitrogen and oxygen atoms in total. The molecule has 1 aromatic carbocycles. The maximum atomic E-state index is 12.6. The quantitative estimate of drug-likeness (QED) is 0.372. The van der Waals surface area contributed by atoms with E-state index >= 15 is 0 Å². The Morgan fingerprint density at radius 1 is 1.48 bits per heavy atom. The van der Waals surface area contributed by atoms with E-state index in [-0.39, 0.29) is 0 Å². The zero-order chi connectivity index (χ0) is 20.0. The molecular formula is C16H20N4O4S3. The van der Waals surface area contributed by atoms with Crippen molar-refractivity contribution in [2.24, 2.45) is 0 Å². The molecule has 11 heteroatoms. The first-order valence-corrected chi connectivity index (χ1v) is 11.4. The molecule has 0 aliphatic rings. The molecule has 1 heterocycles. The fraction of sp³-hybridized carbons (Fsp3) is 0.312. The fourth-order valence-corrected chi connectivity index (χ4v) is 4.90. The van der Waals surface area contributed by atoms with Crippen molar-refractivity contribution in [3.8, 4) is 5.75 Å². The number of nitrogens with zero attached hydrogens (tertiary/aromatic N) is 3. The standard InChI is InChI=1S/C16H20N4O4S3/c1-5-9-25-16-19-18-15(26-16)17-14(21)11(2)20(27(4,22)23)12-7-6-8-13(10-12)24-3/h5-8,10-11H,1,9H2,2-4H3,(H,17,18,21)/t11-/m1/s1. The van der Waals surface area contributed by atoms with E-state index < -0.39 is 22.0 Å². The Hall–Kier alpha value is -2.11. The predicted octanol–water partition coefficient (Wildman–Crippen LogP) is 2.62. The first-order chi connectivity index (χ1) is 12.8. The summed E-state index contributed by atoms with van der Waals surface area (Å²) in [6.07, 6.45) is 2.79. The number of hydrogen-bond donors (Lipinski definition) is 1. The van der Waals surface area contributed by atoms with Gasteiger partial charge < -0.3 is 4.74 Å². The summed E-state index contributed by atoms with van der Waals surface area (Å²) < 4.78 is 31.5. The van der Waals surface area contributed by atoms with Gasteiger partial charge in [-0.2, -0.15) is 0 Å². The van der Waals surface area contributed by atoms with Gasteiger partial charge in [-0.1, -0.05) is 35.2 Å². The number of sulfonamides is 1. The number of anilines is 2. The summed E-state index contributed by atoms with van der Waals surface area (Å²) in [5.74, 6) is 0.651. The number of amides is 1. The van der Waals surface area contributed by atoms with Crippen molar-refractivity contribution in [2.45, 2.75) is 17.3 Å². The second kappa shape index (κ2) is 9.20. The summed E-state index contributed by atoms with van der Waals surface area (Å²) in [6.45, 7) is 5.14. The number of hydrogen-bond acceptors (Lipinski definition) is 8. The molecule has 0 unspecified atom stereocenters. The van der Waals surface area contributed by atoms with Crippen LogP contribution in [-0.4, -0.2) is 49.7 Å². The molecule has 1 amide bonds. The minimum absolute atomic E-state index is 0.303. The highest BCUT2D eigenvalue weighted by atomic mass is 32.2. The summed E-state index contributed by atoms with van der Waals surface area (Å²) >= 11 is 2.66. The lowest BCUT2D eigenvalue weighted by atomic mass is 10.2. The van der Waals surface area contributed by atoms with Gasteiger partial charge in [-0.25, -0.2) is 8.42 Å². The van der Waals surface area contributed by atoms with Crippen LogP contribution >= 0.6 is 23.1 Å². The summed E-state index contributed by atoms with van der Waals surface area (Å²) in [5.41, 5.74) is 0.332. The monoisotopic (exact) mass is 428 g/mol. The summed E-state index contributed by atoms with van der Waals surface area (Å²) in [7, 11) is -2.23. The van der Waals surface area contributed by atoms with Crippen LogP contribution in [-0.2, 0) is 14.8 Å². The van der Waals surface area contributed by atoms with Crippen molar-refractivity contribution < 1.29 is 17.9 Å². The molecule has 0 fully saturated rings. The number of benzene rings is 1. The molecule has 0 saturated heterocycles. The van der Waals surface area contributed by atoms with E-state index in [1.165, 1.54) is 37.1 Å². The van der Waals surface area contributed by atoms with E-state index in [0.29, 0.717) is 26.7 Å². The Kier molecular flexibility index (Phi) is 7.22. The fourth-order valence-electron chi connectivity index (χ4n) is 2.22. The SMILES string of the molecule is C=CCSc1nnc(NC(=O)[C@@H](C)N(c2cccc(OC)c2)S(C)(=O)=O)s1. The van der Waals surface area contributed by atoms with Crippen molar-refractivity contribution >= 4 is 49.8 Å². The van der Waals surface area contributed by atoms with Gasteiger partial charge >= 0.3 is 0 Å². The van der Waals surface area contributed by atoms with Crippen LogP contribution in [0.15, 0.2) is 41.3 Å². The molecule has 0 aliphatic heterocycles. The van der Waals surface area contributed by atoms with Gasteiger partial charge in [0.2, 0.25) is 21.1 Å². The number of nitrogens with one attached hydrogen (secondary N) is 1. The molecule has 27 heavy (non-hydrogen) atoms. The molecule has 0 radical (unpaired) electrons. The second-order valence-electron chi connectivity index (χ2n) is 5.40. The Labute approximate surface area is 166 Å². The average Bonchev–Trinajstić information content (AvgIpc) is 3.06. The Balaban J connectivity index is 2.21. The number of ether oxygens (including phenoxy) is 1. The van der Waals surface area contributed by atoms with E-state index in [2.05, 4.69) is 22.1 Å². The summed E-state index contributed by atoms with van der Waals surface area (Å²) in [5, 5.41) is 10.8. The molecule has 1 aromatic heterocycles. The Morgan fingerprint density at radius 2 is 2.22 bits per heavy atom. The lowest BCUT2D eigenvalue weighted by molar-refractivity contribution is -0.116. The minimum atomic E-state index is -3.72. The van der Waals surface area contributed by atoms with Gasteiger partial charge in [-0.3, -0.25) is 14.4 Å². The number of methoxy groups -OCH3 is 1. The number of rotatable bonds is 9.